The first-order valence-corrected chi connectivity index (χ1v) is 14.3. The molecule has 3 rings (SSSR count). The van der Waals surface area contributed by atoms with Crippen molar-refractivity contribution >= 4 is 28.1 Å². The van der Waals surface area contributed by atoms with Crippen LogP contribution >= 0.6 is 0 Å². The zero-order valence-corrected chi connectivity index (χ0v) is 24.1. The highest BCUT2D eigenvalue weighted by atomic mass is 32.2. The number of hydrogen-bond acceptors (Lipinski definition) is 7. The van der Waals surface area contributed by atoms with Gasteiger partial charge in [0.15, 0.2) is 0 Å². The molecule has 5 atom stereocenters. The van der Waals surface area contributed by atoms with Crippen molar-refractivity contribution in [2.75, 3.05) is 5.75 Å². The van der Waals surface area contributed by atoms with E-state index in [0.717, 1.165) is 22.2 Å². The average Bonchev–Trinajstić information content (AvgIpc) is 3.11. The van der Waals surface area contributed by atoms with Crippen LogP contribution in [0, 0.1) is 22.7 Å². The molecule has 3 amide bonds. The highest BCUT2D eigenvalue weighted by Crippen LogP contribution is 2.70. The number of carbonyl (C=O) groups excluding carboxylic acids is 3. The van der Waals surface area contributed by atoms with Gasteiger partial charge in [-0.1, -0.05) is 27.7 Å². The predicted octanol–water partition coefficient (Wildman–Crippen LogP) is 4.05. The molecular weight excluding hydrogens is 487 g/mol. The van der Waals surface area contributed by atoms with E-state index in [-0.39, 0.29) is 11.2 Å². The number of fused-ring (bicyclic) bond motifs is 1. The van der Waals surface area contributed by atoms with Gasteiger partial charge in [-0.3, -0.25) is 4.79 Å². The van der Waals surface area contributed by atoms with Crippen LogP contribution in [-0.4, -0.2) is 64.9 Å². The monoisotopic (exact) mass is 530 g/mol. The van der Waals surface area contributed by atoms with Crippen molar-refractivity contribution in [3.63, 3.8) is 0 Å². The quantitative estimate of drug-likeness (QED) is 0.431. The van der Waals surface area contributed by atoms with Gasteiger partial charge in [-0.15, -0.1) is 0 Å². The molecule has 3 fully saturated rings. The van der Waals surface area contributed by atoms with Gasteiger partial charge in [-0.05, 0) is 78.1 Å². The molecule has 1 N–H and O–H groups in total. The third kappa shape index (κ3) is 4.91. The number of hydrogen-bond donors (Lipinski definition) is 1. The van der Waals surface area contributed by atoms with Crippen molar-refractivity contribution in [2.45, 2.75) is 112 Å². The van der Waals surface area contributed by atoms with Crippen LogP contribution in [-0.2, 0) is 24.3 Å². The fourth-order valence-corrected chi connectivity index (χ4v) is 8.90. The molecule has 1 saturated heterocycles. The summed E-state index contributed by atoms with van der Waals surface area (Å²) in [4.78, 5) is 40.1. The first kappa shape index (κ1) is 28.5. The zero-order chi connectivity index (χ0) is 27.6. The van der Waals surface area contributed by atoms with Gasteiger partial charge >= 0.3 is 12.2 Å². The van der Waals surface area contributed by atoms with Crippen molar-refractivity contribution in [2.24, 2.45) is 22.7 Å². The largest absolute Gasteiger partial charge is 0.443 e. The number of rotatable bonds is 3. The molecule has 0 aromatic carbocycles. The van der Waals surface area contributed by atoms with Crippen LogP contribution in [0.2, 0.25) is 0 Å². The molecule has 1 heterocycles. The number of nitrogens with one attached hydrogen (secondary N) is 1. The van der Waals surface area contributed by atoms with Gasteiger partial charge in [0.25, 0.3) is 5.91 Å². The summed E-state index contributed by atoms with van der Waals surface area (Å²) in [5, 5.41) is 0.797. The molecule has 3 aliphatic rings. The lowest BCUT2D eigenvalue weighted by atomic mass is 9.69. The summed E-state index contributed by atoms with van der Waals surface area (Å²) in [6.07, 6.45) is 0.373. The second-order valence-electron chi connectivity index (χ2n) is 13.4. The first-order valence-electron chi connectivity index (χ1n) is 12.7. The topological polar surface area (TPSA) is 122 Å². The third-order valence-corrected chi connectivity index (χ3v) is 9.91. The first-order chi connectivity index (χ1) is 16.1. The van der Waals surface area contributed by atoms with Crippen LogP contribution in [0.4, 0.5) is 9.59 Å². The van der Waals surface area contributed by atoms with Crippen LogP contribution in [0.5, 0.6) is 0 Å². The average molecular weight is 531 g/mol. The van der Waals surface area contributed by atoms with E-state index in [1.165, 1.54) is 0 Å². The lowest BCUT2D eigenvalue weighted by molar-refractivity contribution is -0.137. The van der Waals surface area contributed by atoms with Gasteiger partial charge in [-0.25, -0.2) is 32.7 Å². The van der Waals surface area contributed by atoms with E-state index in [9.17, 15) is 22.8 Å². The minimum Gasteiger partial charge on any atom is -0.443 e. The van der Waals surface area contributed by atoms with E-state index in [1.54, 1.807) is 55.4 Å². The van der Waals surface area contributed by atoms with Gasteiger partial charge in [-0.2, -0.15) is 0 Å². The summed E-state index contributed by atoms with van der Waals surface area (Å²) in [6.45, 7) is 17.6. The molecule has 1 aliphatic heterocycles. The Hall–Kier alpha value is -2.04. The Balaban J connectivity index is 2.01. The van der Waals surface area contributed by atoms with E-state index >= 15 is 0 Å². The smallest absolute Gasteiger partial charge is 0.430 e. The molecule has 11 heteroatoms. The van der Waals surface area contributed by atoms with Crippen LogP contribution in [0.25, 0.3) is 0 Å². The van der Waals surface area contributed by atoms with Crippen molar-refractivity contribution in [1.82, 2.24) is 14.7 Å². The maximum Gasteiger partial charge on any atom is 0.430 e. The van der Waals surface area contributed by atoms with E-state index in [4.69, 9.17) is 9.47 Å². The lowest BCUT2D eigenvalue weighted by Gasteiger charge is -2.39. The van der Waals surface area contributed by atoms with Crippen molar-refractivity contribution < 1.29 is 32.3 Å². The molecule has 0 radical (unpaired) electrons. The normalized spacial score (nSPS) is 29.8. The van der Waals surface area contributed by atoms with Crippen molar-refractivity contribution in [3.05, 3.63) is 0 Å². The Bertz CT molecular complexity index is 1030. The predicted molar refractivity (Wildman–Crippen MR) is 134 cm³/mol. The minimum atomic E-state index is -3.93. The third-order valence-electron chi connectivity index (χ3n) is 7.99. The van der Waals surface area contributed by atoms with Crippen LogP contribution in [0.15, 0.2) is 0 Å². The molecule has 1 spiro atoms. The van der Waals surface area contributed by atoms with Gasteiger partial charge in [0.2, 0.25) is 10.0 Å². The Morgan fingerprint density at radius 1 is 1.03 bits per heavy atom. The summed E-state index contributed by atoms with van der Waals surface area (Å²) >= 11 is 0. The Morgan fingerprint density at radius 2 is 1.58 bits per heavy atom. The zero-order valence-electron chi connectivity index (χ0n) is 23.3. The molecule has 2 saturated carbocycles. The van der Waals surface area contributed by atoms with Crippen molar-refractivity contribution in [1.29, 1.82) is 0 Å². The van der Waals surface area contributed by atoms with Gasteiger partial charge in [0.05, 0.1) is 11.8 Å². The molecular formula is C25H43N3O7S. The highest BCUT2D eigenvalue weighted by Gasteiger charge is 2.72. The fourth-order valence-electron chi connectivity index (χ4n) is 6.34. The molecule has 36 heavy (non-hydrogen) atoms. The molecule has 10 nitrogen and oxygen atoms in total. The maximum absolute atomic E-state index is 14.1. The molecule has 0 aromatic heterocycles. The van der Waals surface area contributed by atoms with Gasteiger partial charge in [0, 0.05) is 5.41 Å². The summed E-state index contributed by atoms with van der Waals surface area (Å²) in [7, 11) is -3.93. The van der Waals surface area contributed by atoms with E-state index < -0.39 is 62.7 Å². The van der Waals surface area contributed by atoms with E-state index in [0.29, 0.717) is 12.3 Å². The number of sulfonamides is 1. The highest BCUT2D eigenvalue weighted by molar-refractivity contribution is 7.90. The molecule has 0 unspecified atom stereocenters. The van der Waals surface area contributed by atoms with E-state index in [2.05, 4.69) is 19.3 Å². The van der Waals surface area contributed by atoms with Crippen LogP contribution < -0.4 is 5.43 Å². The second kappa shape index (κ2) is 8.77. The van der Waals surface area contributed by atoms with Crippen molar-refractivity contribution in [3.8, 4) is 0 Å². The van der Waals surface area contributed by atoms with Crippen LogP contribution in [0.3, 0.4) is 0 Å². The summed E-state index contributed by atoms with van der Waals surface area (Å²) in [5.74, 6) is -1.04. The lowest BCUT2D eigenvalue weighted by Crippen LogP contribution is -2.62. The number of nitrogens with zero attached hydrogens (tertiary/aromatic N) is 2. The minimum absolute atomic E-state index is 0.0867. The summed E-state index contributed by atoms with van der Waals surface area (Å²) in [5.41, 5.74) is -0.137. The maximum atomic E-state index is 14.1. The Morgan fingerprint density at radius 3 is 2.06 bits per heavy atom. The summed E-state index contributed by atoms with van der Waals surface area (Å²) in [6, 6.07) is -1.79. The number of amides is 3. The number of carbonyl (C=O) groups is 3. The Kier molecular flexibility index (Phi) is 6.95. The molecule has 0 aromatic rings. The second-order valence-corrected chi connectivity index (χ2v) is 15.3. The molecule has 2 bridgehead atoms. The molecule has 206 valence electrons. The van der Waals surface area contributed by atoms with Gasteiger partial charge < -0.3 is 9.47 Å². The van der Waals surface area contributed by atoms with Gasteiger partial charge in [0.1, 0.15) is 17.2 Å². The number of hydrazine groups is 1. The standard InChI is InChI=1S/C25H43N3O7S/c1-15(2)18(27(21(31)35-23(6,7)8)26-20(30)34-22(3,4)5)19(29)28-17-13-16-11-12-25(17,24(16,9)10)14-36(28,32)33/h15-18H,11-14H2,1-10H3,(H,26,30)/t16-,17-,18-,25-/m1/s1/i1+1/t15-,16-,17-,18-,25-. The summed E-state index contributed by atoms with van der Waals surface area (Å²) < 4.78 is 38.8. The van der Waals surface area contributed by atoms with Crippen LogP contribution in [0.1, 0.15) is 88.5 Å². The number of ether oxygens (including phenoxy) is 2. The Labute approximate surface area is 215 Å². The fraction of sp³-hybridized carbons (Fsp3) is 0.880. The molecule has 2 aliphatic carbocycles. The van der Waals surface area contributed by atoms with E-state index in [1.807, 2.05) is 0 Å². The SMILES string of the molecule is C[C@@H]([13CH3])[C@H](C(=O)N1[C@@H]2C[C@H]3CC[C@]2(CS1(=O)=O)C3(C)C)N(NC(=O)OC(C)(C)C)C(=O)OC(C)(C)C.